The number of nitrogens with two attached hydrogens (primary N) is 1. The van der Waals surface area contributed by atoms with Crippen molar-refractivity contribution in [1.29, 1.82) is 0 Å². The molecule has 0 aliphatic carbocycles. The third-order valence-electron chi connectivity index (χ3n) is 3.18. The lowest BCUT2D eigenvalue weighted by atomic mass is 10.2. The van der Waals surface area contributed by atoms with Crippen LogP contribution in [0.4, 0.5) is 5.69 Å². The van der Waals surface area contributed by atoms with Crippen LogP contribution in [-0.2, 0) is 4.74 Å². The summed E-state index contributed by atoms with van der Waals surface area (Å²) >= 11 is 0. The van der Waals surface area contributed by atoms with Crippen LogP contribution in [0, 0.1) is 0 Å². The summed E-state index contributed by atoms with van der Waals surface area (Å²) < 4.78 is 5.18. The molecule has 0 fully saturated rings. The van der Waals surface area contributed by atoms with E-state index in [1.54, 1.807) is 24.3 Å². The second-order valence-corrected chi connectivity index (χ2v) is 4.78. The molecule has 0 heterocycles. The zero-order chi connectivity index (χ0) is 16.1. The molecule has 120 valence electrons. The molecule has 0 radical (unpaired) electrons. The summed E-state index contributed by atoms with van der Waals surface area (Å²) in [6.45, 7) is 11.7. The number of benzene rings is 1. The van der Waals surface area contributed by atoms with E-state index >= 15 is 0 Å². The lowest BCUT2D eigenvalue weighted by Gasteiger charge is -2.17. The van der Waals surface area contributed by atoms with Crippen molar-refractivity contribution in [3.8, 4) is 0 Å². The van der Waals surface area contributed by atoms with Gasteiger partial charge in [-0.05, 0) is 37.4 Å². The highest BCUT2D eigenvalue weighted by atomic mass is 16.5. The van der Waals surface area contributed by atoms with Gasteiger partial charge in [-0.3, -0.25) is 0 Å². The van der Waals surface area contributed by atoms with E-state index in [4.69, 9.17) is 10.5 Å². The maximum absolute atomic E-state index is 11.6. The number of hydrogen-bond donors (Lipinski definition) is 1. The third kappa shape index (κ3) is 9.08. The number of likely N-dealkylation sites (N-methyl/N-ethyl adjacent to an activating group) is 1. The Morgan fingerprint density at radius 2 is 1.57 bits per heavy atom. The lowest BCUT2D eigenvalue weighted by Crippen LogP contribution is -2.27. The standard InChI is InChI=1S/C13H20N2O2.C4H10/c1-3-15(4-2)9-10-17-13(16)11-5-7-12(14)8-6-11;1-3-4-2/h5-8H,3-4,9-10,14H2,1-2H3;3-4H2,1-2H3. The van der Waals surface area contributed by atoms with Crippen LogP contribution in [0.3, 0.4) is 0 Å². The molecule has 0 amide bonds. The molecule has 1 aromatic rings. The van der Waals surface area contributed by atoms with Gasteiger partial charge in [-0.25, -0.2) is 4.79 Å². The molecule has 2 N–H and O–H groups in total. The molecule has 0 spiro atoms. The fourth-order valence-electron chi connectivity index (χ4n) is 1.51. The average molecular weight is 294 g/mol. The van der Waals surface area contributed by atoms with Gasteiger partial charge in [0.15, 0.2) is 0 Å². The highest BCUT2D eigenvalue weighted by Gasteiger charge is 2.07. The minimum atomic E-state index is -0.294. The maximum Gasteiger partial charge on any atom is 0.338 e. The minimum Gasteiger partial charge on any atom is -0.461 e. The lowest BCUT2D eigenvalue weighted by molar-refractivity contribution is 0.0466. The Morgan fingerprint density at radius 3 is 2.00 bits per heavy atom. The molecule has 4 nitrogen and oxygen atoms in total. The van der Waals surface area contributed by atoms with Crippen LogP contribution in [0.1, 0.15) is 50.9 Å². The maximum atomic E-state index is 11.6. The number of nitrogens with zero attached hydrogens (tertiary/aromatic N) is 1. The summed E-state index contributed by atoms with van der Waals surface area (Å²) in [5.74, 6) is -0.294. The number of anilines is 1. The molecule has 0 aliphatic heterocycles. The van der Waals surface area contributed by atoms with Crippen molar-refractivity contribution in [2.75, 3.05) is 32.0 Å². The first-order valence-corrected chi connectivity index (χ1v) is 7.83. The average Bonchev–Trinajstić information content (AvgIpc) is 2.52. The Hall–Kier alpha value is -1.55. The highest BCUT2D eigenvalue weighted by Crippen LogP contribution is 2.06. The van der Waals surface area contributed by atoms with E-state index in [1.165, 1.54) is 12.8 Å². The molecule has 0 atom stereocenters. The van der Waals surface area contributed by atoms with E-state index in [0.717, 1.165) is 19.6 Å². The van der Waals surface area contributed by atoms with Crippen molar-refractivity contribution in [1.82, 2.24) is 4.90 Å². The smallest absolute Gasteiger partial charge is 0.338 e. The zero-order valence-corrected chi connectivity index (χ0v) is 13.9. The zero-order valence-electron chi connectivity index (χ0n) is 13.9. The van der Waals surface area contributed by atoms with Gasteiger partial charge in [-0.2, -0.15) is 0 Å². The molecule has 0 saturated carbocycles. The second kappa shape index (κ2) is 12.2. The van der Waals surface area contributed by atoms with Crippen molar-refractivity contribution in [3.05, 3.63) is 29.8 Å². The van der Waals surface area contributed by atoms with Gasteiger partial charge in [-0.15, -0.1) is 0 Å². The predicted molar refractivity (Wildman–Crippen MR) is 89.5 cm³/mol. The Morgan fingerprint density at radius 1 is 1.05 bits per heavy atom. The van der Waals surface area contributed by atoms with Crippen molar-refractivity contribution < 1.29 is 9.53 Å². The number of carbonyl (C=O) groups excluding carboxylic acids is 1. The van der Waals surface area contributed by atoms with Crippen LogP contribution in [0.2, 0.25) is 0 Å². The Kier molecular flexibility index (Phi) is 11.3. The van der Waals surface area contributed by atoms with Crippen LogP contribution in [0.5, 0.6) is 0 Å². The van der Waals surface area contributed by atoms with Crippen LogP contribution < -0.4 is 5.73 Å². The molecule has 0 saturated heterocycles. The fourth-order valence-corrected chi connectivity index (χ4v) is 1.51. The van der Waals surface area contributed by atoms with Crippen LogP contribution >= 0.6 is 0 Å². The molecule has 0 aromatic heterocycles. The second-order valence-electron chi connectivity index (χ2n) is 4.78. The largest absolute Gasteiger partial charge is 0.461 e. The van der Waals surface area contributed by atoms with Crippen molar-refractivity contribution in [2.45, 2.75) is 40.5 Å². The number of ether oxygens (including phenoxy) is 1. The molecule has 21 heavy (non-hydrogen) atoms. The molecular formula is C17H30N2O2. The summed E-state index contributed by atoms with van der Waals surface area (Å²) in [6.07, 6.45) is 2.64. The van der Waals surface area contributed by atoms with E-state index in [-0.39, 0.29) is 5.97 Å². The van der Waals surface area contributed by atoms with Gasteiger partial charge >= 0.3 is 5.97 Å². The summed E-state index contributed by atoms with van der Waals surface area (Å²) in [7, 11) is 0. The molecular weight excluding hydrogens is 264 g/mol. The van der Waals surface area contributed by atoms with Gasteiger partial charge in [0.05, 0.1) is 5.56 Å². The third-order valence-corrected chi connectivity index (χ3v) is 3.18. The monoisotopic (exact) mass is 294 g/mol. The summed E-state index contributed by atoms with van der Waals surface area (Å²) in [5, 5.41) is 0. The quantitative estimate of drug-likeness (QED) is 0.617. The molecule has 0 unspecified atom stereocenters. The fraction of sp³-hybridized carbons (Fsp3) is 0.588. The number of esters is 1. The van der Waals surface area contributed by atoms with E-state index in [0.29, 0.717) is 17.9 Å². The molecule has 1 aromatic carbocycles. The van der Waals surface area contributed by atoms with Crippen molar-refractivity contribution in [2.24, 2.45) is 0 Å². The Labute approximate surface area is 129 Å². The van der Waals surface area contributed by atoms with Gasteiger partial charge in [-0.1, -0.05) is 40.5 Å². The molecule has 0 aliphatic rings. The number of nitrogen functional groups attached to an aromatic ring is 1. The summed E-state index contributed by atoms with van der Waals surface area (Å²) in [4.78, 5) is 13.8. The van der Waals surface area contributed by atoms with E-state index < -0.39 is 0 Å². The number of rotatable bonds is 7. The first-order chi connectivity index (χ1) is 10.1. The topological polar surface area (TPSA) is 55.6 Å². The number of unbranched alkanes of at least 4 members (excludes halogenated alkanes) is 1. The van der Waals surface area contributed by atoms with Crippen LogP contribution in [-0.4, -0.2) is 37.1 Å². The van der Waals surface area contributed by atoms with Crippen LogP contribution in [0.15, 0.2) is 24.3 Å². The SMILES string of the molecule is CCCC.CCN(CC)CCOC(=O)c1ccc(N)cc1. The van der Waals surface area contributed by atoms with Gasteiger partial charge in [0, 0.05) is 12.2 Å². The highest BCUT2D eigenvalue weighted by molar-refractivity contribution is 5.89. The molecule has 4 heteroatoms. The Bertz CT molecular complexity index is 371. The predicted octanol–water partition coefficient (Wildman–Crippen LogP) is 3.57. The van der Waals surface area contributed by atoms with Crippen molar-refractivity contribution >= 4 is 11.7 Å². The van der Waals surface area contributed by atoms with Gasteiger partial charge < -0.3 is 15.4 Å². The number of carbonyl (C=O) groups is 1. The van der Waals surface area contributed by atoms with Gasteiger partial charge in [0.25, 0.3) is 0 Å². The molecule has 1 rings (SSSR count). The number of hydrogen-bond acceptors (Lipinski definition) is 4. The minimum absolute atomic E-state index is 0.294. The van der Waals surface area contributed by atoms with E-state index in [9.17, 15) is 4.79 Å². The van der Waals surface area contributed by atoms with Crippen molar-refractivity contribution in [3.63, 3.8) is 0 Å². The normalized spacial score (nSPS) is 9.95. The van der Waals surface area contributed by atoms with E-state index in [2.05, 4.69) is 32.6 Å². The van der Waals surface area contributed by atoms with Gasteiger partial charge in [0.1, 0.15) is 6.61 Å². The van der Waals surface area contributed by atoms with Crippen LogP contribution in [0.25, 0.3) is 0 Å². The van der Waals surface area contributed by atoms with E-state index in [1.807, 2.05) is 0 Å². The Balaban J connectivity index is 0.000000885. The summed E-state index contributed by atoms with van der Waals surface area (Å²) in [5.41, 5.74) is 6.73. The molecule has 0 bridgehead atoms. The summed E-state index contributed by atoms with van der Waals surface area (Å²) in [6, 6.07) is 6.74. The van der Waals surface area contributed by atoms with Gasteiger partial charge in [0.2, 0.25) is 0 Å². The first-order valence-electron chi connectivity index (χ1n) is 7.83. The first kappa shape index (κ1) is 19.4.